The fourth-order valence-corrected chi connectivity index (χ4v) is 4.00. The summed E-state index contributed by atoms with van der Waals surface area (Å²) >= 11 is 0. The van der Waals surface area contributed by atoms with E-state index in [2.05, 4.69) is 26.1 Å². The molecule has 1 N–H and O–H groups in total. The van der Waals surface area contributed by atoms with Gasteiger partial charge in [0.05, 0.1) is 11.5 Å². The van der Waals surface area contributed by atoms with E-state index >= 15 is 0 Å². The predicted molar refractivity (Wildman–Crippen MR) is 73.1 cm³/mol. The van der Waals surface area contributed by atoms with Gasteiger partial charge in [0.2, 0.25) is 5.91 Å². The van der Waals surface area contributed by atoms with E-state index in [9.17, 15) is 13.2 Å². The van der Waals surface area contributed by atoms with Crippen molar-refractivity contribution < 1.29 is 13.2 Å². The molecular formula is C13H25NO3S. The average Bonchev–Trinajstić information content (AvgIpc) is 2.20. The second-order valence-corrected chi connectivity index (χ2v) is 8.39. The highest BCUT2D eigenvalue weighted by molar-refractivity contribution is 7.91. The van der Waals surface area contributed by atoms with Crippen molar-refractivity contribution in [1.82, 2.24) is 5.32 Å². The molecule has 0 saturated carbocycles. The first-order valence-electron chi connectivity index (χ1n) is 6.74. The summed E-state index contributed by atoms with van der Waals surface area (Å²) in [5.74, 6) is 0.463. The zero-order valence-corrected chi connectivity index (χ0v) is 12.5. The smallest absolute Gasteiger partial charge is 0.220 e. The van der Waals surface area contributed by atoms with Gasteiger partial charge in [0.15, 0.2) is 0 Å². The maximum absolute atomic E-state index is 11.9. The number of hydrogen-bond donors (Lipinski definition) is 1. The van der Waals surface area contributed by atoms with Crippen LogP contribution in [0.3, 0.4) is 0 Å². The molecule has 0 aromatic carbocycles. The number of nitrogens with one attached hydrogen (secondary N) is 1. The largest absolute Gasteiger partial charge is 0.353 e. The van der Waals surface area contributed by atoms with Crippen molar-refractivity contribution in [2.24, 2.45) is 5.41 Å². The molecule has 1 fully saturated rings. The Morgan fingerprint density at radius 3 is 2.33 bits per heavy atom. The zero-order chi connectivity index (χ0) is 13.8. The lowest BCUT2D eigenvalue weighted by Gasteiger charge is -2.27. The maximum atomic E-state index is 11.9. The number of hydrogen-bond acceptors (Lipinski definition) is 3. The molecule has 1 aliphatic heterocycles. The normalized spacial score (nSPS) is 20.6. The topological polar surface area (TPSA) is 63.2 Å². The van der Waals surface area contributed by atoms with Gasteiger partial charge in [-0.3, -0.25) is 4.79 Å². The van der Waals surface area contributed by atoms with Crippen LogP contribution >= 0.6 is 0 Å². The highest BCUT2D eigenvalue weighted by Crippen LogP contribution is 2.26. The van der Waals surface area contributed by atoms with Crippen LogP contribution in [0.4, 0.5) is 0 Å². The Morgan fingerprint density at radius 1 is 1.28 bits per heavy atom. The summed E-state index contributed by atoms with van der Waals surface area (Å²) in [6, 6.07) is 0.0402. The Morgan fingerprint density at radius 2 is 1.83 bits per heavy atom. The Labute approximate surface area is 110 Å². The standard InChI is InChI=1S/C13H25NO3S/c1-4-7-13(2,3)10-12(15)14-11-5-8-18(16,17)9-6-11/h11H,4-10H2,1-3H3,(H,14,15). The van der Waals surface area contributed by atoms with Crippen LogP contribution in [0.15, 0.2) is 0 Å². The SMILES string of the molecule is CCCC(C)(C)CC(=O)NC1CCS(=O)(=O)CC1. The highest BCUT2D eigenvalue weighted by Gasteiger charge is 2.26. The summed E-state index contributed by atoms with van der Waals surface area (Å²) in [5.41, 5.74) is 0.0274. The van der Waals surface area contributed by atoms with E-state index in [1.807, 2.05) is 0 Å². The highest BCUT2D eigenvalue weighted by atomic mass is 32.2. The van der Waals surface area contributed by atoms with Crippen molar-refractivity contribution in [2.75, 3.05) is 11.5 Å². The van der Waals surface area contributed by atoms with Crippen LogP contribution in [0.25, 0.3) is 0 Å². The summed E-state index contributed by atoms with van der Waals surface area (Å²) in [6.07, 6.45) is 3.73. The van der Waals surface area contributed by atoms with Gasteiger partial charge >= 0.3 is 0 Å². The van der Waals surface area contributed by atoms with Gasteiger partial charge in [0.1, 0.15) is 9.84 Å². The monoisotopic (exact) mass is 275 g/mol. The minimum absolute atomic E-state index is 0.0274. The van der Waals surface area contributed by atoms with Gasteiger partial charge < -0.3 is 5.32 Å². The first-order chi connectivity index (χ1) is 8.24. The van der Waals surface area contributed by atoms with Crippen LogP contribution in [0.1, 0.15) is 52.9 Å². The molecule has 0 unspecified atom stereocenters. The minimum atomic E-state index is -2.85. The van der Waals surface area contributed by atoms with E-state index in [-0.39, 0.29) is 28.9 Å². The Balaban J connectivity index is 2.38. The van der Waals surface area contributed by atoms with Gasteiger partial charge in [-0.05, 0) is 24.7 Å². The van der Waals surface area contributed by atoms with Crippen molar-refractivity contribution >= 4 is 15.7 Å². The molecule has 0 bridgehead atoms. The molecule has 1 rings (SSSR count). The predicted octanol–water partition coefficient (Wildman–Crippen LogP) is 1.90. The molecule has 5 heteroatoms. The molecule has 1 aliphatic rings. The van der Waals surface area contributed by atoms with Crippen LogP contribution < -0.4 is 5.32 Å². The van der Waals surface area contributed by atoms with E-state index in [1.165, 1.54) is 0 Å². The molecule has 1 heterocycles. The molecule has 0 atom stereocenters. The first kappa shape index (κ1) is 15.5. The summed E-state index contributed by atoms with van der Waals surface area (Å²) in [5, 5.41) is 2.97. The maximum Gasteiger partial charge on any atom is 0.220 e. The number of carbonyl (C=O) groups excluding carboxylic acids is 1. The summed E-state index contributed by atoms with van der Waals surface area (Å²) < 4.78 is 22.6. The van der Waals surface area contributed by atoms with Crippen LogP contribution in [-0.2, 0) is 14.6 Å². The van der Waals surface area contributed by atoms with Crippen LogP contribution in [0, 0.1) is 5.41 Å². The van der Waals surface area contributed by atoms with E-state index in [0.29, 0.717) is 19.3 Å². The quantitative estimate of drug-likeness (QED) is 0.833. The lowest BCUT2D eigenvalue weighted by Crippen LogP contribution is -2.42. The Bertz CT molecular complexity index is 373. The molecule has 4 nitrogen and oxygen atoms in total. The fourth-order valence-electron chi connectivity index (χ4n) is 2.51. The minimum Gasteiger partial charge on any atom is -0.353 e. The molecule has 18 heavy (non-hydrogen) atoms. The molecule has 0 aromatic rings. The van der Waals surface area contributed by atoms with E-state index in [4.69, 9.17) is 0 Å². The lowest BCUT2D eigenvalue weighted by atomic mass is 9.84. The van der Waals surface area contributed by atoms with Crippen molar-refractivity contribution in [3.63, 3.8) is 0 Å². The van der Waals surface area contributed by atoms with Gasteiger partial charge in [-0.15, -0.1) is 0 Å². The Kier molecular flexibility index (Phi) is 5.20. The lowest BCUT2D eigenvalue weighted by molar-refractivity contribution is -0.123. The third kappa shape index (κ3) is 5.38. The van der Waals surface area contributed by atoms with Crippen LogP contribution in [0.5, 0.6) is 0 Å². The molecule has 0 radical (unpaired) electrons. The third-order valence-corrected chi connectivity index (χ3v) is 5.20. The second-order valence-electron chi connectivity index (χ2n) is 6.08. The van der Waals surface area contributed by atoms with Crippen molar-refractivity contribution in [3.05, 3.63) is 0 Å². The molecule has 1 amide bonds. The van der Waals surface area contributed by atoms with Gasteiger partial charge in [0.25, 0.3) is 0 Å². The van der Waals surface area contributed by atoms with Gasteiger partial charge in [-0.25, -0.2) is 8.42 Å². The fraction of sp³-hybridized carbons (Fsp3) is 0.923. The van der Waals surface area contributed by atoms with E-state index < -0.39 is 9.84 Å². The molecule has 0 aliphatic carbocycles. The van der Waals surface area contributed by atoms with Gasteiger partial charge in [-0.2, -0.15) is 0 Å². The molecule has 0 aromatic heterocycles. The van der Waals surface area contributed by atoms with E-state index in [0.717, 1.165) is 12.8 Å². The Hall–Kier alpha value is -0.580. The molecule has 0 spiro atoms. The summed E-state index contributed by atoms with van der Waals surface area (Å²) in [7, 11) is -2.85. The molecule has 106 valence electrons. The average molecular weight is 275 g/mol. The number of amides is 1. The summed E-state index contributed by atoms with van der Waals surface area (Å²) in [4.78, 5) is 11.9. The van der Waals surface area contributed by atoms with E-state index in [1.54, 1.807) is 0 Å². The number of carbonyl (C=O) groups is 1. The second kappa shape index (κ2) is 6.04. The zero-order valence-electron chi connectivity index (χ0n) is 11.7. The number of sulfone groups is 1. The third-order valence-electron chi connectivity index (χ3n) is 3.49. The first-order valence-corrected chi connectivity index (χ1v) is 8.56. The number of rotatable bonds is 5. The van der Waals surface area contributed by atoms with Gasteiger partial charge in [-0.1, -0.05) is 27.2 Å². The van der Waals surface area contributed by atoms with Crippen LogP contribution in [-0.4, -0.2) is 31.9 Å². The van der Waals surface area contributed by atoms with Crippen molar-refractivity contribution in [3.8, 4) is 0 Å². The molecular weight excluding hydrogens is 250 g/mol. The van der Waals surface area contributed by atoms with Crippen molar-refractivity contribution in [1.29, 1.82) is 0 Å². The van der Waals surface area contributed by atoms with Crippen LogP contribution in [0.2, 0.25) is 0 Å². The summed E-state index contributed by atoms with van der Waals surface area (Å²) in [6.45, 7) is 6.31. The van der Waals surface area contributed by atoms with Crippen molar-refractivity contribution in [2.45, 2.75) is 58.9 Å². The van der Waals surface area contributed by atoms with Gasteiger partial charge in [0, 0.05) is 12.5 Å². The molecule has 1 saturated heterocycles.